The van der Waals surface area contributed by atoms with E-state index in [9.17, 15) is 4.79 Å². The molecule has 190 valence electrons. The molecule has 5 heterocycles. The fourth-order valence-corrected chi connectivity index (χ4v) is 5.72. The van der Waals surface area contributed by atoms with Crippen LogP contribution in [-0.4, -0.2) is 73.0 Å². The minimum atomic E-state index is -0.0901. The van der Waals surface area contributed by atoms with Gasteiger partial charge in [-0.2, -0.15) is 0 Å². The number of morpholine rings is 1. The third kappa shape index (κ3) is 4.58. The average molecular weight is 492 g/mol. The zero-order valence-electron chi connectivity index (χ0n) is 20.8. The molecule has 0 unspecified atom stereocenters. The maximum Gasteiger partial charge on any atom is 0.260 e. The summed E-state index contributed by atoms with van der Waals surface area (Å²) < 4.78 is 16.6. The van der Waals surface area contributed by atoms with Crippen LogP contribution in [0, 0.1) is 0 Å². The maximum absolute atomic E-state index is 13.4. The Balaban J connectivity index is 1.30. The number of pyridine rings is 1. The number of nitrogens with zero attached hydrogens (tertiary/aromatic N) is 4. The van der Waals surface area contributed by atoms with Crippen LogP contribution in [0.2, 0.25) is 0 Å². The van der Waals surface area contributed by atoms with Gasteiger partial charge in [-0.05, 0) is 54.0 Å². The van der Waals surface area contributed by atoms with Crippen molar-refractivity contribution in [3.8, 4) is 5.75 Å². The molecular formula is C27H33N5O4. The highest BCUT2D eigenvalue weighted by molar-refractivity contribution is 5.84. The van der Waals surface area contributed by atoms with E-state index in [0.717, 1.165) is 75.7 Å². The summed E-state index contributed by atoms with van der Waals surface area (Å²) >= 11 is 0. The van der Waals surface area contributed by atoms with E-state index in [1.54, 1.807) is 7.11 Å². The molecule has 0 bridgehead atoms. The van der Waals surface area contributed by atoms with Crippen LogP contribution in [0.5, 0.6) is 5.75 Å². The Bertz CT molecular complexity index is 1300. The fraction of sp³-hybridized carbons (Fsp3) is 0.519. The Morgan fingerprint density at radius 3 is 2.72 bits per heavy atom. The number of benzene rings is 1. The number of hydrogen-bond acceptors (Lipinski definition) is 8. The third-order valence-corrected chi connectivity index (χ3v) is 7.71. The lowest BCUT2D eigenvalue weighted by Gasteiger charge is -2.32. The van der Waals surface area contributed by atoms with Crippen molar-refractivity contribution in [1.82, 2.24) is 19.9 Å². The van der Waals surface area contributed by atoms with E-state index in [0.29, 0.717) is 36.6 Å². The fourth-order valence-electron chi connectivity index (χ4n) is 5.72. The second-order valence-corrected chi connectivity index (χ2v) is 9.84. The van der Waals surface area contributed by atoms with Crippen LogP contribution in [0.4, 0.5) is 5.95 Å². The molecule has 9 heteroatoms. The Kier molecular flexibility index (Phi) is 6.60. The highest BCUT2D eigenvalue weighted by Crippen LogP contribution is 2.34. The molecule has 0 aliphatic carbocycles. The van der Waals surface area contributed by atoms with E-state index in [4.69, 9.17) is 24.2 Å². The summed E-state index contributed by atoms with van der Waals surface area (Å²) in [7, 11) is 1.66. The van der Waals surface area contributed by atoms with Gasteiger partial charge < -0.3 is 19.1 Å². The molecule has 0 radical (unpaired) electrons. The number of rotatable bonds is 5. The summed E-state index contributed by atoms with van der Waals surface area (Å²) in [6, 6.07) is 5.96. The summed E-state index contributed by atoms with van der Waals surface area (Å²) in [5.41, 5.74) is 5.33. The van der Waals surface area contributed by atoms with Crippen molar-refractivity contribution in [1.29, 1.82) is 0 Å². The summed E-state index contributed by atoms with van der Waals surface area (Å²) in [4.78, 5) is 30.7. The number of aromatic nitrogens is 3. The molecule has 1 N–H and O–H groups in total. The molecule has 2 fully saturated rings. The van der Waals surface area contributed by atoms with E-state index in [-0.39, 0.29) is 11.5 Å². The van der Waals surface area contributed by atoms with Crippen molar-refractivity contribution in [2.24, 2.45) is 0 Å². The van der Waals surface area contributed by atoms with Crippen LogP contribution >= 0.6 is 0 Å². The van der Waals surface area contributed by atoms with E-state index in [1.807, 2.05) is 18.3 Å². The van der Waals surface area contributed by atoms with Crippen LogP contribution in [0.25, 0.3) is 10.9 Å². The lowest BCUT2D eigenvalue weighted by atomic mass is 9.89. The van der Waals surface area contributed by atoms with Crippen molar-refractivity contribution in [3.05, 3.63) is 57.1 Å². The van der Waals surface area contributed by atoms with E-state index < -0.39 is 0 Å². The second-order valence-electron chi connectivity index (χ2n) is 9.84. The highest BCUT2D eigenvalue weighted by Gasteiger charge is 2.25. The van der Waals surface area contributed by atoms with Gasteiger partial charge in [-0.1, -0.05) is 0 Å². The van der Waals surface area contributed by atoms with E-state index in [1.165, 1.54) is 11.1 Å². The smallest absolute Gasteiger partial charge is 0.260 e. The predicted octanol–water partition coefficient (Wildman–Crippen LogP) is 2.62. The molecule has 6 rings (SSSR count). The average Bonchev–Trinajstić information content (AvgIpc) is 2.93. The molecule has 0 atom stereocenters. The van der Waals surface area contributed by atoms with Gasteiger partial charge in [-0.25, -0.2) is 4.98 Å². The van der Waals surface area contributed by atoms with Crippen LogP contribution < -0.4 is 15.2 Å². The summed E-state index contributed by atoms with van der Waals surface area (Å²) in [5.74, 6) is 1.61. The molecule has 2 aromatic heterocycles. The van der Waals surface area contributed by atoms with E-state index >= 15 is 0 Å². The molecule has 3 aliphatic heterocycles. The molecule has 3 aliphatic rings. The molecule has 9 nitrogen and oxygen atoms in total. The minimum absolute atomic E-state index is 0.0901. The van der Waals surface area contributed by atoms with Crippen molar-refractivity contribution in [3.63, 3.8) is 0 Å². The number of fused-ring (bicyclic) bond motifs is 2. The largest absolute Gasteiger partial charge is 0.497 e. The lowest BCUT2D eigenvalue weighted by Crippen LogP contribution is -2.37. The van der Waals surface area contributed by atoms with Gasteiger partial charge in [0.25, 0.3) is 5.56 Å². The van der Waals surface area contributed by atoms with Gasteiger partial charge in [0.15, 0.2) is 0 Å². The Labute approximate surface area is 210 Å². The monoisotopic (exact) mass is 491 g/mol. The standard InChI is InChI=1S/C27H33N5O4/c1-34-20-14-22(18-4-10-35-11-5-18)25-23(15-20)29-27(30-26(25)33)32-7-3-21-19(16-32)2-6-28-24(21)17-31-8-12-36-13-9-31/h2,6,14-15,18H,3-5,7-13,16-17H2,1H3,(H,29,30,33). The van der Waals surface area contributed by atoms with Crippen molar-refractivity contribution in [2.45, 2.75) is 38.3 Å². The number of hydrogen-bond donors (Lipinski definition) is 1. The Morgan fingerprint density at radius 2 is 1.92 bits per heavy atom. The molecule has 1 aromatic carbocycles. The van der Waals surface area contributed by atoms with Gasteiger partial charge >= 0.3 is 0 Å². The normalized spacial score (nSPS) is 19.4. The van der Waals surface area contributed by atoms with Crippen molar-refractivity contribution >= 4 is 16.9 Å². The molecular weight excluding hydrogens is 458 g/mol. The minimum Gasteiger partial charge on any atom is -0.497 e. The predicted molar refractivity (Wildman–Crippen MR) is 137 cm³/mol. The molecule has 3 aromatic rings. The summed E-state index contributed by atoms with van der Waals surface area (Å²) in [6.07, 6.45) is 4.57. The topological polar surface area (TPSA) is 92.8 Å². The summed E-state index contributed by atoms with van der Waals surface area (Å²) in [5, 5.41) is 0.667. The van der Waals surface area contributed by atoms with E-state index in [2.05, 4.69) is 20.9 Å². The van der Waals surface area contributed by atoms with Crippen molar-refractivity contribution < 1.29 is 14.2 Å². The second kappa shape index (κ2) is 10.2. The first-order valence-corrected chi connectivity index (χ1v) is 12.9. The maximum atomic E-state index is 13.4. The van der Waals surface area contributed by atoms with Gasteiger partial charge in [-0.15, -0.1) is 0 Å². The number of methoxy groups -OCH3 is 1. The highest BCUT2D eigenvalue weighted by atomic mass is 16.5. The van der Waals surface area contributed by atoms with Gasteiger partial charge in [0.1, 0.15) is 5.75 Å². The van der Waals surface area contributed by atoms with Crippen molar-refractivity contribution in [2.75, 3.05) is 58.1 Å². The Hall–Kier alpha value is -3.01. The molecule has 0 spiro atoms. The number of anilines is 1. The SMILES string of the molecule is COc1cc(C2CCOCC2)c2c(=O)[nH]c(N3CCc4c(ccnc4CN4CCOCC4)C3)nc2c1. The third-order valence-electron chi connectivity index (χ3n) is 7.71. The molecule has 2 saturated heterocycles. The van der Waals surface area contributed by atoms with Gasteiger partial charge in [0.05, 0.1) is 36.9 Å². The first-order valence-electron chi connectivity index (χ1n) is 12.9. The molecule has 0 amide bonds. The number of aromatic amines is 1. The zero-order valence-corrected chi connectivity index (χ0v) is 20.8. The first kappa shape index (κ1) is 23.4. The molecule has 0 saturated carbocycles. The lowest BCUT2D eigenvalue weighted by molar-refractivity contribution is 0.0335. The summed E-state index contributed by atoms with van der Waals surface area (Å²) in [6.45, 7) is 7.20. The Morgan fingerprint density at radius 1 is 1.11 bits per heavy atom. The van der Waals surface area contributed by atoms with Crippen LogP contribution in [0.3, 0.4) is 0 Å². The van der Waals surface area contributed by atoms with Crippen LogP contribution in [0.1, 0.15) is 41.1 Å². The van der Waals surface area contributed by atoms with Crippen LogP contribution in [-0.2, 0) is 29.0 Å². The number of ether oxygens (including phenoxy) is 3. The number of H-pyrrole nitrogens is 1. The number of nitrogens with one attached hydrogen (secondary N) is 1. The quantitative estimate of drug-likeness (QED) is 0.582. The van der Waals surface area contributed by atoms with Gasteiger partial charge in [-0.3, -0.25) is 19.7 Å². The van der Waals surface area contributed by atoms with Crippen LogP contribution in [0.15, 0.2) is 29.2 Å². The molecule has 36 heavy (non-hydrogen) atoms. The first-order chi connectivity index (χ1) is 17.7. The zero-order chi connectivity index (χ0) is 24.5. The van der Waals surface area contributed by atoms with Gasteiger partial charge in [0, 0.05) is 58.2 Å². The van der Waals surface area contributed by atoms with Gasteiger partial charge in [0.2, 0.25) is 5.95 Å².